The van der Waals surface area contributed by atoms with Crippen LogP contribution in [0.4, 0.5) is 10.1 Å². The van der Waals surface area contributed by atoms with Crippen LogP contribution < -0.4 is 14.5 Å². The van der Waals surface area contributed by atoms with E-state index in [1.165, 1.54) is 22.1 Å². The van der Waals surface area contributed by atoms with Crippen molar-refractivity contribution in [1.82, 2.24) is 4.72 Å². The van der Waals surface area contributed by atoms with Crippen molar-refractivity contribution in [1.29, 1.82) is 0 Å². The molecule has 2 aromatic rings. The van der Waals surface area contributed by atoms with Crippen LogP contribution in [0.1, 0.15) is 17.8 Å². The van der Waals surface area contributed by atoms with Gasteiger partial charge in [0.05, 0.1) is 49.0 Å². The van der Waals surface area contributed by atoms with Crippen molar-refractivity contribution in [3.05, 3.63) is 52.5 Å². The summed E-state index contributed by atoms with van der Waals surface area (Å²) in [6.07, 6.45) is 1.19. The molecule has 0 unspecified atom stereocenters. The van der Waals surface area contributed by atoms with Gasteiger partial charge in [-0.05, 0) is 30.5 Å². The SMILES string of the molecule is C[C@@H](NS(C)(=O)=O)[C@@H](c1cccs1)[NH+]1CCN(c2ccccc2F)CC1. The predicted molar refractivity (Wildman–Crippen MR) is 104 cm³/mol. The van der Waals surface area contributed by atoms with Crippen molar-refractivity contribution in [3.63, 3.8) is 0 Å². The summed E-state index contributed by atoms with van der Waals surface area (Å²) in [6.45, 7) is 5.05. The highest BCUT2D eigenvalue weighted by molar-refractivity contribution is 7.88. The lowest BCUT2D eigenvalue weighted by Crippen LogP contribution is -3.16. The number of halogens is 1. The summed E-state index contributed by atoms with van der Waals surface area (Å²) >= 11 is 1.65. The van der Waals surface area contributed by atoms with E-state index in [2.05, 4.69) is 15.7 Å². The van der Waals surface area contributed by atoms with Gasteiger partial charge >= 0.3 is 0 Å². The fraction of sp³-hybridized carbons (Fsp3) is 0.444. The highest BCUT2D eigenvalue weighted by Gasteiger charge is 2.35. The minimum atomic E-state index is -3.28. The molecule has 1 saturated heterocycles. The van der Waals surface area contributed by atoms with Crippen molar-refractivity contribution in [3.8, 4) is 0 Å². The zero-order valence-corrected chi connectivity index (χ0v) is 16.6. The molecule has 2 N–H and O–H groups in total. The first-order chi connectivity index (χ1) is 12.3. The molecule has 0 saturated carbocycles. The maximum absolute atomic E-state index is 14.0. The largest absolute Gasteiger partial charge is 0.358 e. The van der Waals surface area contributed by atoms with E-state index in [0.29, 0.717) is 5.69 Å². The normalized spacial score (nSPS) is 18.7. The molecule has 8 heteroatoms. The molecule has 1 aliphatic heterocycles. The molecule has 0 bridgehead atoms. The summed E-state index contributed by atoms with van der Waals surface area (Å²) in [5, 5.41) is 2.02. The fourth-order valence-electron chi connectivity index (χ4n) is 3.73. The van der Waals surface area contributed by atoms with Gasteiger partial charge in [0.2, 0.25) is 10.0 Å². The molecule has 5 nitrogen and oxygen atoms in total. The highest BCUT2D eigenvalue weighted by Crippen LogP contribution is 2.22. The van der Waals surface area contributed by atoms with Crippen molar-refractivity contribution in [2.24, 2.45) is 0 Å². The van der Waals surface area contributed by atoms with Gasteiger partial charge in [-0.15, -0.1) is 11.3 Å². The van der Waals surface area contributed by atoms with E-state index in [1.54, 1.807) is 17.4 Å². The Balaban J connectivity index is 1.74. The van der Waals surface area contributed by atoms with Crippen LogP contribution in [0, 0.1) is 5.82 Å². The van der Waals surface area contributed by atoms with Crippen LogP contribution in [-0.4, -0.2) is 46.9 Å². The molecule has 0 radical (unpaired) electrons. The van der Waals surface area contributed by atoms with Gasteiger partial charge in [0.15, 0.2) is 0 Å². The van der Waals surface area contributed by atoms with E-state index in [-0.39, 0.29) is 17.9 Å². The molecule has 142 valence electrons. The second-order valence-electron chi connectivity index (χ2n) is 6.77. The third kappa shape index (κ3) is 4.62. The summed E-state index contributed by atoms with van der Waals surface area (Å²) < 4.78 is 40.2. The number of piperazine rings is 1. The first kappa shape index (κ1) is 19.3. The average Bonchev–Trinajstić information content (AvgIpc) is 3.09. The van der Waals surface area contributed by atoms with Gasteiger partial charge < -0.3 is 9.80 Å². The monoisotopic (exact) mass is 398 g/mol. The Bertz CT molecular complexity index is 819. The maximum Gasteiger partial charge on any atom is 0.209 e. The molecular weight excluding hydrogens is 373 g/mol. The van der Waals surface area contributed by atoms with Crippen LogP contribution in [-0.2, 0) is 10.0 Å². The number of nitrogens with zero attached hydrogens (tertiary/aromatic N) is 1. The fourth-order valence-corrected chi connectivity index (χ4v) is 5.53. The molecule has 1 aromatic heterocycles. The number of benzene rings is 1. The molecular formula is C18H25FN3O2S2+. The summed E-state index contributed by atoms with van der Waals surface area (Å²) in [4.78, 5) is 4.56. The Labute approximate surface area is 158 Å². The number of thiophene rings is 1. The van der Waals surface area contributed by atoms with Gasteiger partial charge in [0.1, 0.15) is 11.9 Å². The summed E-state index contributed by atoms with van der Waals surface area (Å²) in [7, 11) is -3.28. The predicted octanol–water partition coefficient (Wildman–Crippen LogP) is 1.27. The molecule has 0 aliphatic carbocycles. The smallest absolute Gasteiger partial charge is 0.209 e. The molecule has 0 amide bonds. The lowest BCUT2D eigenvalue weighted by Gasteiger charge is -2.39. The Morgan fingerprint density at radius 1 is 1.19 bits per heavy atom. The van der Waals surface area contributed by atoms with Gasteiger partial charge in [0.25, 0.3) is 0 Å². The van der Waals surface area contributed by atoms with Crippen LogP contribution in [0.5, 0.6) is 0 Å². The number of hydrogen-bond acceptors (Lipinski definition) is 4. The molecule has 3 rings (SSSR count). The highest BCUT2D eigenvalue weighted by atomic mass is 32.2. The Kier molecular flexibility index (Phi) is 5.96. The first-order valence-electron chi connectivity index (χ1n) is 8.70. The number of anilines is 1. The number of hydrogen-bond donors (Lipinski definition) is 2. The average molecular weight is 399 g/mol. The van der Waals surface area contributed by atoms with Crippen molar-refractivity contribution >= 4 is 27.0 Å². The quantitative estimate of drug-likeness (QED) is 0.771. The molecule has 1 aromatic carbocycles. The van der Waals surface area contributed by atoms with E-state index in [4.69, 9.17) is 0 Å². The van der Waals surface area contributed by atoms with E-state index in [9.17, 15) is 12.8 Å². The van der Waals surface area contributed by atoms with Gasteiger partial charge in [-0.2, -0.15) is 0 Å². The maximum atomic E-state index is 14.0. The lowest BCUT2D eigenvalue weighted by molar-refractivity contribution is -0.933. The minimum absolute atomic E-state index is 0.0486. The third-order valence-corrected chi connectivity index (χ3v) is 6.54. The molecule has 1 fully saturated rings. The van der Waals surface area contributed by atoms with Crippen molar-refractivity contribution < 1.29 is 17.7 Å². The van der Waals surface area contributed by atoms with Crippen LogP contribution in [0.3, 0.4) is 0 Å². The summed E-state index contributed by atoms with van der Waals surface area (Å²) in [5.41, 5.74) is 0.640. The standard InChI is InChI=1S/C18H24FN3O2S2/c1-14(20-26(2,23)24)18(17-8-5-13-25-17)22-11-9-21(10-12-22)16-7-4-3-6-15(16)19/h3-8,13-14,18,20H,9-12H2,1-2H3/p+1/t14-,18+/m1/s1. The van der Waals surface area contributed by atoms with Gasteiger partial charge in [0, 0.05) is 0 Å². The van der Waals surface area contributed by atoms with Crippen LogP contribution in [0.2, 0.25) is 0 Å². The second-order valence-corrected chi connectivity index (χ2v) is 9.53. The topological polar surface area (TPSA) is 53.9 Å². The Morgan fingerprint density at radius 2 is 1.88 bits per heavy atom. The Morgan fingerprint density at radius 3 is 2.46 bits per heavy atom. The number of sulfonamides is 1. The molecule has 0 spiro atoms. The van der Waals surface area contributed by atoms with Gasteiger partial charge in [-0.1, -0.05) is 18.2 Å². The number of rotatable bonds is 6. The van der Waals surface area contributed by atoms with Gasteiger partial charge in [-0.3, -0.25) is 0 Å². The second kappa shape index (κ2) is 8.04. The van der Waals surface area contributed by atoms with E-state index in [0.717, 1.165) is 26.2 Å². The Hall–Kier alpha value is -1.48. The number of nitrogens with one attached hydrogen (secondary N) is 2. The molecule has 26 heavy (non-hydrogen) atoms. The first-order valence-corrected chi connectivity index (χ1v) is 11.5. The molecule has 2 atom stereocenters. The zero-order valence-electron chi connectivity index (χ0n) is 15.0. The van der Waals surface area contributed by atoms with E-state index < -0.39 is 10.0 Å². The number of para-hydroxylation sites is 1. The van der Waals surface area contributed by atoms with Crippen molar-refractivity contribution in [2.45, 2.75) is 19.0 Å². The van der Waals surface area contributed by atoms with E-state index in [1.807, 2.05) is 30.5 Å². The van der Waals surface area contributed by atoms with Crippen LogP contribution in [0.15, 0.2) is 41.8 Å². The van der Waals surface area contributed by atoms with Crippen LogP contribution in [0.25, 0.3) is 0 Å². The summed E-state index contributed by atoms with van der Waals surface area (Å²) in [5.74, 6) is -0.196. The third-order valence-electron chi connectivity index (χ3n) is 4.79. The van der Waals surface area contributed by atoms with E-state index >= 15 is 0 Å². The van der Waals surface area contributed by atoms with Gasteiger partial charge in [-0.25, -0.2) is 17.5 Å². The van der Waals surface area contributed by atoms with Crippen LogP contribution >= 0.6 is 11.3 Å². The lowest BCUT2D eigenvalue weighted by atomic mass is 10.1. The molecule has 1 aliphatic rings. The van der Waals surface area contributed by atoms with Crippen molar-refractivity contribution in [2.75, 3.05) is 37.3 Å². The minimum Gasteiger partial charge on any atom is -0.358 e. The summed E-state index contributed by atoms with van der Waals surface area (Å²) in [6, 6.07) is 10.7. The molecule has 2 heterocycles. The zero-order chi connectivity index (χ0) is 18.7. The number of quaternary nitrogens is 1.